The first-order valence-electron chi connectivity index (χ1n) is 9.60. The van der Waals surface area contributed by atoms with Gasteiger partial charge in [0.15, 0.2) is 0 Å². The summed E-state index contributed by atoms with van der Waals surface area (Å²) in [6.07, 6.45) is -9.36. The Hall–Kier alpha value is -2.52. The molecule has 0 fully saturated rings. The van der Waals surface area contributed by atoms with E-state index in [0.717, 1.165) is 6.07 Å². The molecule has 2 rings (SSSR count). The van der Waals surface area contributed by atoms with Gasteiger partial charge in [-0.3, -0.25) is 0 Å². The number of nitrogen functional groups attached to an aromatic ring is 1. The average molecular weight is 448 g/mol. The van der Waals surface area contributed by atoms with Crippen molar-refractivity contribution in [2.45, 2.75) is 65.2 Å². The Morgan fingerprint density at radius 1 is 0.935 bits per heavy atom. The first-order chi connectivity index (χ1) is 13.9. The monoisotopic (exact) mass is 448 g/mol. The maximum absolute atomic E-state index is 13.9. The summed E-state index contributed by atoms with van der Waals surface area (Å²) in [6.45, 7) is 8.99. The molecule has 2 heterocycles. The van der Waals surface area contributed by atoms with Gasteiger partial charge < -0.3 is 11.1 Å². The van der Waals surface area contributed by atoms with Crippen LogP contribution in [0.15, 0.2) is 12.1 Å². The van der Waals surface area contributed by atoms with Crippen molar-refractivity contribution in [1.29, 1.82) is 0 Å². The van der Waals surface area contributed by atoms with Crippen LogP contribution in [0.25, 0.3) is 0 Å². The number of anilines is 2. The third-order valence-corrected chi connectivity index (χ3v) is 4.88. The smallest absolute Gasteiger partial charge is 0.384 e. The van der Waals surface area contributed by atoms with Crippen LogP contribution in [0.4, 0.5) is 38.0 Å². The predicted octanol–water partition coefficient (Wildman–Crippen LogP) is 6.23. The molecule has 31 heavy (non-hydrogen) atoms. The number of pyridine rings is 2. The first-order valence-corrected chi connectivity index (χ1v) is 9.60. The third kappa shape index (κ3) is 5.59. The fourth-order valence-electron chi connectivity index (χ4n) is 3.52. The number of aryl methyl sites for hydroxylation is 2. The van der Waals surface area contributed by atoms with Crippen molar-refractivity contribution in [1.82, 2.24) is 9.97 Å². The number of aromatic nitrogens is 2. The van der Waals surface area contributed by atoms with E-state index in [0.29, 0.717) is 5.69 Å². The summed E-state index contributed by atoms with van der Waals surface area (Å²) < 4.78 is 82.4. The number of nitrogens with one attached hydrogen (secondary N) is 1. The summed E-state index contributed by atoms with van der Waals surface area (Å²) in [5.41, 5.74) is 2.96. The van der Waals surface area contributed by atoms with E-state index < -0.39 is 40.6 Å². The van der Waals surface area contributed by atoms with Crippen LogP contribution in [-0.4, -0.2) is 16.5 Å². The van der Waals surface area contributed by atoms with Gasteiger partial charge in [0.05, 0.1) is 11.3 Å². The van der Waals surface area contributed by atoms with E-state index in [2.05, 4.69) is 15.3 Å². The maximum Gasteiger partial charge on any atom is 0.420 e. The van der Waals surface area contributed by atoms with E-state index in [-0.39, 0.29) is 29.2 Å². The van der Waals surface area contributed by atoms with Gasteiger partial charge in [-0.2, -0.15) is 26.3 Å². The summed E-state index contributed by atoms with van der Waals surface area (Å²) >= 11 is 0. The normalized spacial score (nSPS) is 13.9. The summed E-state index contributed by atoms with van der Waals surface area (Å²) in [5.74, 6) is -1.31. The Morgan fingerprint density at radius 2 is 1.48 bits per heavy atom. The molecule has 2 aromatic rings. The molecule has 0 radical (unpaired) electrons. The third-order valence-electron chi connectivity index (χ3n) is 4.88. The molecule has 0 saturated heterocycles. The van der Waals surface area contributed by atoms with Crippen LogP contribution < -0.4 is 11.1 Å². The highest BCUT2D eigenvalue weighted by atomic mass is 19.4. The van der Waals surface area contributed by atoms with Gasteiger partial charge in [0.2, 0.25) is 0 Å². The minimum atomic E-state index is -4.69. The van der Waals surface area contributed by atoms with Gasteiger partial charge in [-0.1, -0.05) is 27.7 Å². The molecule has 0 bridgehead atoms. The summed E-state index contributed by atoms with van der Waals surface area (Å²) in [5, 5.41) is 2.63. The molecule has 0 spiro atoms. The lowest BCUT2D eigenvalue weighted by molar-refractivity contribution is -0.139. The van der Waals surface area contributed by atoms with E-state index in [9.17, 15) is 26.3 Å². The van der Waals surface area contributed by atoms with Crippen molar-refractivity contribution in [3.8, 4) is 0 Å². The van der Waals surface area contributed by atoms with Crippen LogP contribution in [0.2, 0.25) is 0 Å². The lowest BCUT2D eigenvalue weighted by Gasteiger charge is -2.27. The molecule has 0 aromatic carbocycles. The number of hydrogen-bond acceptors (Lipinski definition) is 4. The number of nitrogens with two attached hydrogens (primary N) is 1. The van der Waals surface area contributed by atoms with E-state index in [4.69, 9.17) is 5.73 Å². The second kappa shape index (κ2) is 8.20. The van der Waals surface area contributed by atoms with Crippen molar-refractivity contribution >= 4 is 11.6 Å². The van der Waals surface area contributed by atoms with Gasteiger partial charge in [-0.15, -0.1) is 0 Å². The molecular weight excluding hydrogens is 422 g/mol. The molecule has 10 heteroatoms. The van der Waals surface area contributed by atoms with Gasteiger partial charge in [0.25, 0.3) is 0 Å². The van der Waals surface area contributed by atoms with Gasteiger partial charge in [0, 0.05) is 12.2 Å². The zero-order valence-corrected chi connectivity index (χ0v) is 18.2. The van der Waals surface area contributed by atoms with Crippen molar-refractivity contribution in [3.05, 3.63) is 45.8 Å². The number of rotatable bonds is 4. The van der Waals surface area contributed by atoms with Crippen molar-refractivity contribution in [2.24, 2.45) is 0 Å². The molecule has 4 nitrogen and oxygen atoms in total. The Bertz CT molecular complexity index is 958. The molecule has 0 aliphatic rings. The van der Waals surface area contributed by atoms with Crippen LogP contribution >= 0.6 is 0 Å². The van der Waals surface area contributed by atoms with Crippen molar-refractivity contribution < 1.29 is 26.3 Å². The van der Waals surface area contributed by atoms with E-state index >= 15 is 0 Å². The molecule has 172 valence electrons. The molecule has 1 atom stereocenters. The molecule has 3 N–H and O–H groups in total. The minimum absolute atomic E-state index is 0.0580. The molecule has 0 amide bonds. The summed E-state index contributed by atoms with van der Waals surface area (Å²) in [7, 11) is 0. The average Bonchev–Trinajstić information content (AvgIpc) is 2.55. The van der Waals surface area contributed by atoms with Gasteiger partial charge in [0.1, 0.15) is 17.2 Å². The van der Waals surface area contributed by atoms with Gasteiger partial charge in [-0.25, -0.2) is 9.97 Å². The minimum Gasteiger partial charge on any atom is -0.384 e. The van der Waals surface area contributed by atoms with E-state index in [1.165, 1.54) is 19.9 Å². The molecule has 1 unspecified atom stereocenters. The molecule has 2 aromatic heterocycles. The highest BCUT2D eigenvalue weighted by Crippen LogP contribution is 2.42. The lowest BCUT2D eigenvalue weighted by Crippen LogP contribution is -2.24. The Kier molecular flexibility index (Phi) is 6.54. The lowest BCUT2D eigenvalue weighted by atomic mass is 9.83. The molecule has 0 aliphatic heterocycles. The predicted molar refractivity (Wildman–Crippen MR) is 108 cm³/mol. The van der Waals surface area contributed by atoms with E-state index in [1.54, 1.807) is 27.7 Å². The first kappa shape index (κ1) is 24.7. The zero-order valence-electron chi connectivity index (χ0n) is 18.2. The van der Waals surface area contributed by atoms with Crippen LogP contribution in [0.3, 0.4) is 0 Å². The Labute approximate surface area is 177 Å². The number of hydrogen-bond donors (Lipinski definition) is 2. The number of halogens is 6. The number of nitrogens with zero attached hydrogens (tertiary/aromatic N) is 2. The maximum atomic E-state index is 13.9. The van der Waals surface area contributed by atoms with Crippen molar-refractivity contribution in [2.75, 3.05) is 17.6 Å². The van der Waals surface area contributed by atoms with Crippen LogP contribution in [0.5, 0.6) is 0 Å². The molecule has 0 aliphatic carbocycles. The Morgan fingerprint density at radius 3 is 1.97 bits per heavy atom. The van der Waals surface area contributed by atoms with Gasteiger partial charge in [-0.05, 0) is 48.4 Å². The second-order valence-corrected chi connectivity index (χ2v) is 8.66. The SMILES string of the molecule is Cc1cc(C(C)(C)C)c(C(F)(F)F)c(NCC(C)c2cc(N)nc(C)c2C(F)(F)F)n1. The second-order valence-electron chi connectivity index (χ2n) is 8.66. The fraction of sp³-hybridized carbons (Fsp3) is 0.524. The number of alkyl halides is 6. The zero-order chi connectivity index (χ0) is 23.9. The Balaban J connectivity index is 2.50. The fourth-order valence-corrected chi connectivity index (χ4v) is 3.52. The van der Waals surface area contributed by atoms with Crippen LogP contribution in [0, 0.1) is 13.8 Å². The standard InChI is InChI=1S/C21H26F6N4/c1-10(13-8-15(28)31-12(3)16(13)20(22,23)24)9-29-18-17(21(25,26)27)14(19(4,5)6)7-11(2)30-18/h7-8,10H,9H2,1-6H3,(H2,28,31)(H,29,30). The van der Waals surface area contributed by atoms with Crippen LogP contribution in [-0.2, 0) is 17.8 Å². The largest absolute Gasteiger partial charge is 0.420 e. The van der Waals surface area contributed by atoms with Crippen molar-refractivity contribution in [3.63, 3.8) is 0 Å². The topological polar surface area (TPSA) is 63.8 Å². The molecule has 0 saturated carbocycles. The van der Waals surface area contributed by atoms with Gasteiger partial charge >= 0.3 is 12.4 Å². The highest BCUT2D eigenvalue weighted by molar-refractivity contribution is 5.54. The highest BCUT2D eigenvalue weighted by Gasteiger charge is 2.41. The van der Waals surface area contributed by atoms with Crippen LogP contribution in [0.1, 0.15) is 67.3 Å². The van der Waals surface area contributed by atoms with E-state index in [1.807, 2.05) is 0 Å². The molecular formula is C21H26F6N4. The summed E-state index contributed by atoms with van der Waals surface area (Å²) in [6, 6.07) is 2.49. The quantitative estimate of drug-likeness (QED) is 0.545. The summed E-state index contributed by atoms with van der Waals surface area (Å²) in [4.78, 5) is 7.67.